The smallest absolute Gasteiger partial charge is 0.311 e. The van der Waals surface area contributed by atoms with Crippen LogP contribution in [0.1, 0.15) is 66.2 Å². The van der Waals surface area contributed by atoms with Crippen molar-refractivity contribution in [3.05, 3.63) is 0 Å². The molecule has 9 nitrogen and oxygen atoms in total. The van der Waals surface area contributed by atoms with E-state index in [0.717, 1.165) is 0 Å². The Hall–Kier alpha value is -2.45. The van der Waals surface area contributed by atoms with Crippen LogP contribution in [0, 0.1) is 51.8 Å². The van der Waals surface area contributed by atoms with E-state index in [4.69, 9.17) is 4.74 Å². The number of methoxy groups -OCH3 is 1. The first-order valence-corrected chi connectivity index (χ1v) is 12.0. The molecule has 0 heterocycles. The fraction of sp³-hybridized carbons (Fsp3) is 0.800. The zero-order chi connectivity index (χ0) is 25.8. The summed E-state index contributed by atoms with van der Waals surface area (Å²) in [4.78, 5) is 64.0. The van der Waals surface area contributed by atoms with E-state index >= 15 is 0 Å². The van der Waals surface area contributed by atoms with E-state index < -0.39 is 63.7 Å². The molecule has 0 amide bonds. The molecular formula is C25H36O9. The molecule has 34 heavy (non-hydrogen) atoms. The van der Waals surface area contributed by atoms with Crippen LogP contribution in [0.5, 0.6) is 0 Å². The molecule has 3 aliphatic rings. The van der Waals surface area contributed by atoms with Gasteiger partial charge in [0, 0.05) is 11.8 Å². The number of ether oxygens (including phenoxy) is 1. The van der Waals surface area contributed by atoms with Gasteiger partial charge in [0.15, 0.2) is 0 Å². The average Bonchev–Trinajstić information content (AvgIpc) is 2.75. The van der Waals surface area contributed by atoms with Crippen molar-refractivity contribution in [2.75, 3.05) is 7.11 Å². The van der Waals surface area contributed by atoms with Crippen LogP contribution in [0.25, 0.3) is 0 Å². The zero-order valence-corrected chi connectivity index (χ0v) is 20.5. The number of carboxylic acid groups (broad SMARTS) is 3. The van der Waals surface area contributed by atoms with E-state index in [1.165, 1.54) is 7.11 Å². The molecule has 0 radical (unpaired) electrons. The van der Waals surface area contributed by atoms with Gasteiger partial charge < -0.3 is 20.1 Å². The topological polar surface area (TPSA) is 155 Å². The molecule has 0 bridgehead atoms. The molecule has 190 valence electrons. The Morgan fingerprint density at radius 3 is 2.00 bits per heavy atom. The molecule has 0 aromatic heterocycles. The van der Waals surface area contributed by atoms with Gasteiger partial charge in [-0.2, -0.15) is 0 Å². The molecule has 3 saturated carbocycles. The molecule has 0 aromatic rings. The summed E-state index contributed by atoms with van der Waals surface area (Å²) in [7, 11) is 1.32. The van der Waals surface area contributed by atoms with Gasteiger partial charge in [0.25, 0.3) is 0 Å². The van der Waals surface area contributed by atoms with Crippen molar-refractivity contribution >= 4 is 29.7 Å². The predicted octanol–water partition coefficient (Wildman–Crippen LogP) is 3.10. The summed E-state index contributed by atoms with van der Waals surface area (Å²) in [6.07, 6.45) is 1.94. The Morgan fingerprint density at radius 1 is 0.912 bits per heavy atom. The Bertz CT molecular complexity index is 910. The first kappa shape index (κ1) is 26.2. The minimum Gasteiger partial charge on any atom is -0.481 e. The summed E-state index contributed by atoms with van der Waals surface area (Å²) in [6.45, 7) is 6.99. The third-order valence-electron chi connectivity index (χ3n) is 9.61. The van der Waals surface area contributed by atoms with Crippen molar-refractivity contribution in [3.8, 4) is 0 Å². The Labute approximate surface area is 199 Å². The summed E-state index contributed by atoms with van der Waals surface area (Å²) in [5.41, 5.74) is -3.49. The monoisotopic (exact) mass is 480 g/mol. The van der Waals surface area contributed by atoms with Crippen molar-refractivity contribution in [1.82, 2.24) is 0 Å². The maximum absolute atomic E-state index is 13.2. The van der Waals surface area contributed by atoms with E-state index in [2.05, 4.69) is 0 Å². The normalized spacial score (nSPS) is 41.6. The second kappa shape index (κ2) is 8.64. The molecular weight excluding hydrogens is 444 g/mol. The molecule has 3 aliphatic carbocycles. The van der Waals surface area contributed by atoms with Crippen LogP contribution < -0.4 is 0 Å². The van der Waals surface area contributed by atoms with E-state index in [9.17, 15) is 39.3 Å². The van der Waals surface area contributed by atoms with Gasteiger partial charge in [-0.25, -0.2) is 0 Å². The van der Waals surface area contributed by atoms with Gasteiger partial charge in [-0.3, -0.25) is 24.0 Å². The number of rotatable bonds is 6. The lowest BCUT2D eigenvalue weighted by molar-refractivity contribution is -0.223. The maximum Gasteiger partial charge on any atom is 0.311 e. The van der Waals surface area contributed by atoms with Crippen LogP contribution in [0.3, 0.4) is 0 Å². The van der Waals surface area contributed by atoms with E-state index in [0.29, 0.717) is 19.3 Å². The van der Waals surface area contributed by atoms with Crippen LogP contribution in [-0.4, -0.2) is 52.1 Å². The highest BCUT2D eigenvalue weighted by atomic mass is 16.5. The van der Waals surface area contributed by atoms with E-state index in [1.807, 2.05) is 13.8 Å². The highest BCUT2D eigenvalue weighted by molar-refractivity contribution is 5.94. The average molecular weight is 481 g/mol. The standard InChI is InChI=1S/C25H36O9/c1-12(2)18(26)13-11-15-23(3)8-6-9-24(4,22(33)34-5)14(23)7-10-25(15,21(31)32)17(20(29)30)16(13)19(27)28/h12-17H,6-11H2,1-5H3,(H,27,28)(H,29,30)(H,31,32)/t13?,14?,15?,16?,17?,23-,24+,25?/m0/s1. The number of carbonyl (C=O) groups is 5. The molecule has 0 saturated heterocycles. The molecule has 0 aromatic carbocycles. The lowest BCUT2D eigenvalue weighted by Gasteiger charge is -2.65. The zero-order valence-electron chi connectivity index (χ0n) is 20.5. The first-order chi connectivity index (χ1) is 15.7. The summed E-state index contributed by atoms with van der Waals surface area (Å²) in [5.74, 6) is -11.1. The summed E-state index contributed by atoms with van der Waals surface area (Å²) >= 11 is 0. The Kier molecular flexibility index (Phi) is 6.65. The number of hydrogen-bond donors (Lipinski definition) is 3. The minimum absolute atomic E-state index is 0.0195. The predicted molar refractivity (Wildman–Crippen MR) is 119 cm³/mol. The third kappa shape index (κ3) is 3.45. The highest BCUT2D eigenvalue weighted by Crippen LogP contribution is 2.70. The fourth-order valence-corrected chi connectivity index (χ4v) is 8.21. The van der Waals surface area contributed by atoms with Crippen molar-refractivity contribution in [2.45, 2.75) is 66.2 Å². The van der Waals surface area contributed by atoms with Gasteiger partial charge in [-0.05, 0) is 56.3 Å². The number of esters is 1. The SMILES string of the molecule is COC(=O)[C@]1(C)CCC[C@]2(C)C3CC(C(=O)C(C)C)C(C(=O)O)C(C(=O)O)C3(C(=O)O)CCC21. The van der Waals surface area contributed by atoms with Gasteiger partial charge in [0.1, 0.15) is 5.78 Å². The summed E-state index contributed by atoms with van der Waals surface area (Å²) in [6, 6.07) is 0. The van der Waals surface area contributed by atoms with Crippen molar-refractivity contribution in [2.24, 2.45) is 51.8 Å². The van der Waals surface area contributed by atoms with Gasteiger partial charge in [0.2, 0.25) is 0 Å². The first-order valence-electron chi connectivity index (χ1n) is 12.0. The van der Waals surface area contributed by atoms with Gasteiger partial charge in [0.05, 0.1) is 29.8 Å². The quantitative estimate of drug-likeness (QED) is 0.486. The number of carbonyl (C=O) groups excluding carboxylic acids is 2. The van der Waals surface area contributed by atoms with Crippen LogP contribution in [0.4, 0.5) is 0 Å². The summed E-state index contributed by atoms with van der Waals surface area (Å²) < 4.78 is 5.11. The molecule has 3 fully saturated rings. The molecule has 0 spiro atoms. The Balaban J connectivity index is 2.27. The maximum atomic E-state index is 13.2. The van der Waals surface area contributed by atoms with Crippen LogP contribution in [0.2, 0.25) is 0 Å². The second-order valence-electron chi connectivity index (χ2n) is 11.3. The third-order valence-corrected chi connectivity index (χ3v) is 9.61. The van der Waals surface area contributed by atoms with Crippen LogP contribution in [-0.2, 0) is 28.7 Å². The number of fused-ring (bicyclic) bond motifs is 3. The summed E-state index contributed by atoms with van der Waals surface area (Å²) in [5, 5.41) is 30.8. The van der Waals surface area contributed by atoms with Gasteiger partial charge in [-0.15, -0.1) is 0 Å². The highest BCUT2D eigenvalue weighted by Gasteiger charge is 2.72. The fourth-order valence-electron chi connectivity index (χ4n) is 8.21. The lowest BCUT2D eigenvalue weighted by Crippen LogP contribution is -2.68. The Morgan fingerprint density at radius 2 is 1.53 bits per heavy atom. The number of ketones is 1. The van der Waals surface area contributed by atoms with Crippen LogP contribution >= 0.6 is 0 Å². The van der Waals surface area contributed by atoms with Gasteiger partial charge >= 0.3 is 23.9 Å². The van der Waals surface area contributed by atoms with Gasteiger partial charge in [-0.1, -0.05) is 27.2 Å². The lowest BCUT2D eigenvalue weighted by atomic mass is 9.36. The molecule has 8 atom stereocenters. The number of aliphatic carboxylic acids is 3. The number of hydrogen-bond acceptors (Lipinski definition) is 6. The number of carboxylic acids is 3. The number of Topliss-reactive ketones (excluding diaryl/α,β-unsaturated/α-hetero) is 1. The van der Waals surface area contributed by atoms with Crippen molar-refractivity contribution < 1.29 is 44.0 Å². The molecule has 3 rings (SSSR count). The molecule has 6 unspecified atom stereocenters. The molecule has 0 aliphatic heterocycles. The van der Waals surface area contributed by atoms with Crippen LogP contribution in [0.15, 0.2) is 0 Å². The van der Waals surface area contributed by atoms with Crippen molar-refractivity contribution in [3.63, 3.8) is 0 Å². The second-order valence-corrected chi connectivity index (χ2v) is 11.3. The molecule has 3 N–H and O–H groups in total. The van der Waals surface area contributed by atoms with E-state index in [1.54, 1.807) is 13.8 Å². The largest absolute Gasteiger partial charge is 0.481 e. The minimum atomic E-state index is -1.84. The van der Waals surface area contributed by atoms with E-state index in [-0.39, 0.29) is 36.9 Å². The van der Waals surface area contributed by atoms with Crippen molar-refractivity contribution in [1.29, 1.82) is 0 Å². The molecule has 9 heteroatoms.